The van der Waals surface area contributed by atoms with Crippen molar-refractivity contribution in [3.05, 3.63) is 65.7 Å². The van der Waals surface area contributed by atoms with Crippen LogP contribution in [0.3, 0.4) is 0 Å². The van der Waals surface area contributed by atoms with E-state index in [9.17, 15) is 4.79 Å². The largest absolute Gasteiger partial charge is 0.273 e. The van der Waals surface area contributed by atoms with Crippen LogP contribution >= 0.6 is 0 Å². The molecule has 0 spiro atoms. The number of hydrogen-bond donors (Lipinski definition) is 1. The Hall–Kier alpha value is -2.13. The van der Waals surface area contributed by atoms with Crippen LogP contribution in [0.25, 0.3) is 0 Å². The van der Waals surface area contributed by atoms with Crippen molar-refractivity contribution in [2.24, 2.45) is 0 Å². The van der Waals surface area contributed by atoms with Gasteiger partial charge in [0.15, 0.2) is 0 Å². The SMILES string of the molecule is O=C1CCCc2ccccc2N1NCCCc1ccccc1. The van der Waals surface area contributed by atoms with Crippen LogP contribution in [0, 0.1) is 0 Å². The van der Waals surface area contributed by atoms with E-state index in [0.717, 1.165) is 37.9 Å². The first-order valence-corrected chi connectivity index (χ1v) is 8.03. The zero-order valence-corrected chi connectivity index (χ0v) is 12.8. The van der Waals surface area contributed by atoms with E-state index in [4.69, 9.17) is 0 Å². The summed E-state index contributed by atoms with van der Waals surface area (Å²) < 4.78 is 0. The van der Waals surface area contributed by atoms with Gasteiger partial charge in [0.05, 0.1) is 5.69 Å². The van der Waals surface area contributed by atoms with Crippen LogP contribution in [0.5, 0.6) is 0 Å². The molecule has 0 fully saturated rings. The second kappa shape index (κ2) is 7.23. The molecule has 1 heterocycles. The molecule has 0 aliphatic carbocycles. The summed E-state index contributed by atoms with van der Waals surface area (Å²) >= 11 is 0. The third kappa shape index (κ3) is 3.55. The van der Waals surface area contributed by atoms with Crippen LogP contribution in [-0.4, -0.2) is 12.5 Å². The van der Waals surface area contributed by atoms with Gasteiger partial charge in [0.2, 0.25) is 5.91 Å². The lowest BCUT2D eigenvalue weighted by atomic mass is 10.1. The molecule has 1 aliphatic heterocycles. The van der Waals surface area contributed by atoms with Gasteiger partial charge in [-0.05, 0) is 42.9 Å². The Morgan fingerprint density at radius 3 is 2.59 bits per heavy atom. The maximum absolute atomic E-state index is 12.3. The summed E-state index contributed by atoms with van der Waals surface area (Å²) in [5, 5.41) is 1.76. The van der Waals surface area contributed by atoms with Crippen LogP contribution < -0.4 is 10.4 Å². The number of para-hydroxylation sites is 1. The van der Waals surface area contributed by atoms with Gasteiger partial charge >= 0.3 is 0 Å². The summed E-state index contributed by atoms with van der Waals surface area (Å²) in [6.45, 7) is 0.801. The van der Waals surface area contributed by atoms with Gasteiger partial charge in [-0.3, -0.25) is 4.79 Å². The minimum Gasteiger partial charge on any atom is -0.273 e. The lowest BCUT2D eigenvalue weighted by molar-refractivity contribution is -0.119. The zero-order chi connectivity index (χ0) is 15.2. The van der Waals surface area contributed by atoms with Gasteiger partial charge in [0.1, 0.15) is 0 Å². The quantitative estimate of drug-likeness (QED) is 0.856. The number of benzene rings is 2. The van der Waals surface area contributed by atoms with E-state index in [0.29, 0.717) is 6.42 Å². The highest BCUT2D eigenvalue weighted by Gasteiger charge is 2.21. The van der Waals surface area contributed by atoms with E-state index in [1.54, 1.807) is 5.01 Å². The van der Waals surface area contributed by atoms with Gasteiger partial charge in [-0.25, -0.2) is 10.4 Å². The molecule has 0 radical (unpaired) electrons. The molecular weight excluding hydrogens is 272 g/mol. The summed E-state index contributed by atoms with van der Waals surface area (Å²) in [5.41, 5.74) is 6.93. The number of rotatable bonds is 5. The standard InChI is InChI=1S/C19H22N2O/c22-19-14-6-12-17-11-4-5-13-18(17)21(19)20-15-7-10-16-8-2-1-3-9-16/h1-5,8-9,11,13,20H,6-7,10,12,14-15H2. The Bertz CT molecular complexity index is 624. The van der Waals surface area contributed by atoms with Crippen molar-refractivity contribution in [2.75, 3.05) is 11.6 Å². The van der Waals surface area contributed by atoms with E-state index in [2.05, 4.69) is 35.8 Å². The number of hydrazine groups is 1. The van der Waals surface area contributed by atoms with Crippen molar-refractivity contribution in [1.82, 2.24) is 5.43 Å². The number of nitrogens with zero attached hydrogens (tertiary/aromatic N) is 1. The monoisotopic (exact) mass is 294 g/mol. The number of carbonyl (C=O) groups is 1. The Labute approximate surface area is 131 Å². The highest BCUT2D eigenvalue weighted by Crippen LogP contribution is 2.25. The van der Waals surface area contributed by atoms with Crippen molar-refractivity contribution >= 4 is 11.6 Å². The molecule has 1 amide bonds. The first-order valence-electron chi connectivity index (χ1n) is 8.03. The molecule has 0 saturated carbocycles. The van der Waals surface area contributed by atoms with Crippen LogP contribution in [-0.2, 0) is 17.6 Å². The molecule has 1 aliphatic rings. The predicted octanol–water partition coefficient (Wildman–Crippen LogP) is 3.49. The smallest absolute Gasteiger partial charge is 0.241 e. The molecule has 3 rings (SSSR count). The average Bonchev–Trinajstić information content (AvgIpc) is 2.71. The molecular formula is C19H22N2O. The molecule has 2 aromatic rings. The second-order valence-electron chi connectivity index (χ2n) is 5.71. The predicted molar refractivity (Wildman–Crippen MR) is 89.6 cm³/mol. The van der Waals surface area contributed by atoms with Gasteiger partial charge in [0.25, 0.3) is 0 Å². The van der Waals surface area contributed by atoms with Crippen molar-refractivity contribution in [3.63, 3.8) is 0 Å². The highest BCUT2D eigenvalue weighted by atomic mass is 16.2. The molecule has 114 valence electrons. The minimum absolute atomic E-state index is 0.171. The lowest BCUT2D eigenvalue weighted by Gasteiger charge is -2.23. The Balaban J connectivity index is 1.60. The summed E-state index contributed by atoms with van der Waals surface area (Å²) in [7, 11) is 0. The van der Waals surface area contributed by atoms with Crippen LogP contribution in [0.4, 0.5) is 5.69 Å². The van der Waals surface area contributed by atoms with Crippen LogP contribution in [0.2, 0.25) is 0 Å². The summed E-state index contributed by atoms with van der Waals surface area (Å²) in [6, 6.07) is 18.6. The first-order chi connectivity index (χ1) is 10.8. The van der Waals surface area contributed by atoms with Gasteiger partial charge < -0.3 is 0 Å². The Morgan fingerprint density at radius 2 is 1.73 bits per heavy atom. The van der Waals surface area contributed by atoms with Gasteiger partial charge in [-0.2, -0.15) is 0 Å². The third-order valence-corrected chi connectivity index (χ3v) is 4.07. The van der Waals surface area contributed by atoms with E-state index in [-0.39, 0.29) is 5.91 Å². The van der Waals surface area contributed by atoms with Crippen molar-refractivity contribution < 1.29 is 4.79 Å². The number of fused-ring (bicyclic) bond motifs is 1. The van der Waals surface area contributed by atoms with Gasteiger partial charge in [-0.1, -0.05) is 48.5 Å². The molecule has 3 heteroatoms. The zero-order valence-electron chi connectivity index (χ0n) is 12.8. The molecule has 2 aromatic carbocycles. The topological polar surface area (TPSA) is 32.3 Å². The normalized spacial score (nSPS) is 14.5. The Morgan fingerprint density at radius 1 is 0.955 bits per heavy atom. The van der Waals surface area contributed by atoms with Crippen LogP contribution in [0.15, 0.2) is 54.6 Å². The number of carbonyl (C=O) groups excluding carboxylic acids is 1. The minimum atomic E-state index is 0.171. The maximum atomic E-state index is 12.3. The molecule has 0 aromatic heterocycles. The fourth-order valence-electron chi connectivity index (χ4n) is 2.92. The number of nitrogens with one attached hydrogen (secondary N) is 1. The van der Waals surface area contributed by atoms with E-state index < -0.39 is 0 Å². The molecule has 0 saturated heterocycles. The van der Waals surface area contributed by atoms with Crippen LogP contribution in [0.1, 0.15) is 30.4 Å². The van der Waals surface area contributed by atoms with Crippen molar-refractivity contribution in [1.29, 1.82) is 0 Å². The van der Waals surface area contributed by atoms with Crippen molar-refractivity contribution in [2.45, 2.75) is 32.1 Å². The number of amides is 1. The lowest BCUT2D eigenvalue weighted by Crippen LogP contribution is -2.43. The summed E-state index contributed by atoms with van der Waals surface area (Å²) in [4.78, 5) is 12.3. The number of anilines is 1. The summed E-state index contributed by atoms with van der Waals surface area (Å²) in [6.07, 6.45) is 4.55. The second-order valence-corrected chi connectivity index (χ2v) is 5.71. The average molecular weight is 294 g/mol. The highest BCUT2D eigenvalue weighted by molar-refractivity contribution is 5.93. The molecule has 0 bridgehead atoms. The first kappa shape index (κ1) is 14.8. The maximum Gasteiger partial charge on any atom is 0.241 e. The molecule has 0 unspecified atom stereocenters. The van der Waals surface area contributed by atoms with Gasteiger partial charge in [0, 0.05) is 13.0 Å². The van der Waals surface area contributed by atoms with E-state index in [1.807, 2.05) is 24.3 Å². The third-order valence-electron chi connectivity index (χ3n) is 4.07. The molecule has 1 N–H and O–H groups in total. The fourth-order valence-corrected chi connectivity index (χ4v) is 2.92. The fraction of sp³-hybridized carbons (Fsp3) is 0.316. The molecule has 0 atom stereocenters. The van der Waals surface area contributed by atoms with E-state index in [1.165, 1.54) is 11.1 Å². The Kier molecular flexibility index (Phi) is 4.86. The summed E-state index contributed by atoms with van der Waals surface area (Å²) in [5.74, 6) is 0.171. The van der Waals surface area contributed by atoms with E-state index >= 15 is 0 Å². The number of aryl methyl sites for hydroxylation is 2. The molecule has 22 heavy (non-hydrogen) atoms. The van der Waals surface area contributed by atoms with Crippen molar-refractivity contribution in [3.8, 4) is 0 Å². The molecule has 3 nitrogen and oxygen atoms in total. The van der Waals surface area contributed by atoms with Gasteiger partial charge in [-0.15, -0.1) is 0 Å². The number of hydrogen-bond acceptors (Lipinski definition) is 2.